The molecule has 0 radical (unpaired) electrons. The van der Waals surface area contributed by atoms with Gasteiger partial charge in [0.15, 0.2) is 0 Å². The molecule has 0 aliphatic heterocycles. The fourth-order valence-electron chi connectivity index (χ4n) is 2.18. The van der Waals surface area contributed by atoms with Crippen LogP contribution in [0.5, 0.6) is 5.75 Å². The molecule has 0 saturated carbocycles. The molecule has 0 saturated heterocycles. The van der Waals surface area contributed by atoms with E-state index in [0.717, 1.165) is 11.3 Å². The Kier molecular flexibility index (Phi) is 5.95. The van der Waals surface area contributed by atoms with Gasteiger partial charge in [-0.25, -0.2) is 0 Å². The predicted molar refractivity (Wildman–Crippen MR) is 86.7 cm³/mol. The van der Waals surface area contributed by atoms with E-state index in [0.29, 0.717) is 19.4 Å². The first-order valence-corrected chi connectivity index (χ1v) is 7.54. The molecule has 0 bridgehead atoms. The molecule has 1 amide bonds. The molecule has 0 aliphatic carbocycles. The Bertz CT molecular complexity index is 599. The van der Waals surface area contributed by atoms with Crippen molar-refractivity contribution in [2.24, 2.45) is 0 Å². The van der Waals surface area contributed by atoms with Crippen LogP contribution in [0.4, 0.5) is 0 Å². The molecule has 4 heteroatoms. The number of aryl methyl sites for hydroxylation is 1. The van der Waals surface area contributed by atoms with E-state index < -0.39 is 0 Å². The van der Waals surface area contributed by atoms with Crippen LogP contribution in [0.3, 0.4) is 0 Å². The van der Waals surface area contributed by atoms with Gasteiger partial charge < -0.3 is 10.1 Å². The van der Waals surface area contributed by atoms with Crippen molar-refractivity contribution in [1.29, 1.82) is 0 Å². The van der Waals surface area contributed by atoms with Crippen molar-refractivity contribution < 1.29 is 9.53 Å². The first-order valence-electron chi connectivity index (χ1n) is 7.54. The van der Waals surface area contributed by atoms with Crippen molar-refractivity contribution in [2.45, 2.75) is 32.7 Å². The fourth-order valence-corrected chi connectivity index (χ4v) is 2.18. The standard InChI is InChI=1S/C18H22N2O2/c1-14-5-3-6-17(13-14)22-12-4-7-18(21)20-15(2)16-8-10-19-11-9-16/h3,5-6,8-11,13,15H,4,7,12H2,1-2H3,(H,20,21). The molecule has 1 atom stereocenters. The number of benzene rings is 1. The van der Waals surface area contributed by atoms with E-state index in [1.165, 1.54) is 5.56 Å². The van der Waals surface area contributed by atoms with Gasteiger partial charge in [-0.05, 0) is 55.7 Å². The summed E-state index contributed by atoms with van der Waals surface area (Å²) in [4.78, 5) is 15.9. The number of hydrogen-bond donors (Lipinski definition) is 1. The zero-order valence-electron chi connectivity index (χ0n) is 13.1. The summed E-state index contributed by atoms with van der Waals surface area (Å²) in [7, 11) is 0. The van der Waals surface area contributed by atoms with Gasteiger partial charge in [0.2, 0.25) is 5.91 Å². The Balaban J connectivity index is 1.68. The smallest absolute Gasteiger partial charge is 0.220 e. The van der Waals surface area contributed by atoms with Gasteiger partial charge in [-0.2, -0.15) is 0 Å². The van der Waals surface area contributed by atoms with Crippen molar-refractivity contribution in [3.8, 4) is 5.75 Å². The Hall–Kier alpha value is -2.36. The Morgan fingerprint density at radius 1 is 1.27 bits per heavy atom. The Morgan fingerprint density at radius 3 is 2.77 bits per heavy atom. The summed E-state index contributed by atoms with van der Waals surface area (Å²) in [5, 5.41) is 2.98. The van der Waals surface area contributed by atoms with Crippen molar-refractivity contribution >= 4 is 5.91 Å². The topological polar surface area (TPSA) is 51.2 Å². The van der Waals surface area contributed by atoms with E-state index in [2.05, 4.69) is 10.3 Å². The molecule has 0 spiro atoms. The second-order valence-electron chi connectivity index (χ2n) is 5.34. The monoisotopic (exact) mass is 298 g/mol. The van der Waals surface area contributed by atoms with E-state index in [9.17, 15) is 4.79 Å². The second kappa shape index (κ2) is 8.17. The summed E-state index contributed by atoms with van der Waals surface area (Å²) in [5.41, 5.74) is 2.22. The first-order chi connectivity index (χ1) is 10.6. The Labute approximate surface area is 131 Å². The summed E-state index contributed by atoms with van der Waals surface area (Å²) < 4.78 is 5.64. The largest absolute Gasteiger partial charge is 0.494 e. The van der Waals surface area contributed by atoms with Crippen LogP contribution >= 0.6 is 0 Å². The van der Waals surface area contributed by atoms with Crippen molar-refractivity contribution in [3.63, 3.8) is 0 Å². The number of amides is 1. The van der Waals surface area contributed by atoms with Crippen LogP contribution in [0, 0.1) is 6.92 Å². The molecule has 1 heterocycles. The molecule has 116 valence electrons. The number of pyridine rings is 1. The quantitative estimate of drug-likeness (QED) is 0.797. The number of ether oxygens (including phenoxy) is 1. The van der Waals surface area contributed by atoms with Crippen LogP contribution < -0.4 is 10.1 Å². The zero-order chi connectivity index (χ0) is 15.8. The van der Waals surface area contributed by atoms with Gasteiger partial charge in [-0.15, -0.1) is 0 Å². The lowest BCUT2D eigenvalue weighted by molar-refractivity contribution is -0.121. The minimum atomic E-state index is -0.00630. The van der Waals surface area contributed by atoms with Crippen LogP contribution in [0.2, 0.25) is 0 Å². The molecular weight excluding hydrogens is 276 g/mol. The SMILES string of the molecule is Cc1cccc(OCCCC(=O)NC(C)c2ccncc2)c1. The highest BCUT2D eigenvalue weighted by Gasteiger charge is 2.09. The third-order valence-corrected chi connectivity index (χ3v) is 3.39. The van der Waals surface area contributed by atoms with E-state index in [-0.39, 0.29) is 11.9 Å². The molecule has 0 fully saturated rings. The number of aromatic nitrogens is 1. The van der Waals surface area contributed by atoms with Crippen LogP contribution in [-0.4, -0.2) is 17.5 Å². The molecule has 2 aromatic rings. The van der Waals surface area contributed by atoms with Gasteiger partial charge in [0.05, 0.1) is 12.6 Å². The molecule has 2 rings (SSSR count). The van der Waals surface area contributed by atoms with Crippen molar-refractivity contribution in [3.05, 3.63) is 59.9 Å². The maximum atomic E-state index is 11.9. The van der Waals surface area contributed by atoms with E-state index in [1.54, 1.807) is 12.4 Å². The van der Waals surface area contributed by atoms with Gasteiger partial charge in [-0.1, -0.05) is 12.1 Å². The van der Waals surface area contributed by atoms with Crippen molar-refractivity contribution in [2.75, 3.05) is 6.61 Å². The normalized spacial score (nSPS) is 11.7. The lowest BCUT2D eigenvalue weighted by Crippen LogP contribution is -2.26. The molecule has 1 aromatic heterocycles. The highest BCUT2D eigenvalue weighted by Crippen LogP contribution is 2.13. The fraction of sp³-hybridized carbons (Fsp3) is 0.333. The average Bonchev–Trinajstić information content (AvgIpc) is 2.52. The number of rotatable bonds is 7. The summed E-state index contributed by atoms with van der Waals surface area (Å²) in [6, 6.07) is 11.7. The maximum Gasteiger partial charge on any atom is 0.220 e. The lowest BCUT2D eigenvalue weighted by atomic mass is 10.1. The maximum absolute atomic E-state index is 11.9. The van der Waals surface area contributed by atoms with Gasteiger partial charge in [0, 0.05) is 18.8 Å². The number of carbonyl (C=O) groups is 1. The predicted octanol–water partition coefficient (Wildman–Crippen LogP) is 3.43. The van der Waals surface area contributed by atoms with Crippen LogP contribution in [0.25, 0.3) is 0 Å². The Morgan fingerprint density at radius 2 is 2.05 bits per heavy atom. The van der Waals surface area contributed by atoms with Crippen LogP contribution in [-0.2, 0) is 4.79 Å². The molecular formula is C18H22N2O2. The number of hydrogen-bond acceptors (Lipinski definition) is 3. The van der Waals surface area contributed by atoms with Crippen LogP contribution in [0.1, 0.15) is 36.9 Å². The van der Waals surface area contributed by atoms with Crippen LogP contribution in [0.15, 0.2) is 48.8 Å². The molecule has 4 nitrogen and oxygen atoms in total. The van der Waals surface area contributed by atoms with Crippen molar-refractivity contribution in [1.82, 2.24) is 10.3 Å². The average molecular weight is 298 g/mol. The van der Waals surface area contributed by atoms with Gasteiger partial charge >= 0.3 is 0 Å². The molecule has 1 aromatic carbocycles. The minimum absolute atomic E-state index is 0.00630. The summed E-state index contributed by atoms with van der Waals surface area (Å²) in [6.45, 7) is 4.54. The number of nitrogens with zero attached hydrogens (tertiary/aromatic N) is 1. The van der Waals surface area contributed by atoms with Gasteiger partial charge in [0.25, 0.3) is 0 Å². The number of carbonyl (C=O) groups excluding carboxylic acids is 1. The third-order valence-electron chi connectivity index (χ3n) is 3.39. The highest BCUT2D eigenvalue weighted by molar-refractivity contribution is 5.76. The number of nitrogens with one attached hydrogen (secondary N) is 1. The first kappa shape index (κ1) is 16.0. The minimum Gasteiger partial charge on any atom is -0.494 e. The highest BCUT2D eigenvalue weighted by atomic mass is 16.5. The summed E-state index contributed by atoms with van der Waals surface area (Å²) in [6.07, 6.45) is 4.62. The molecule has 1 N–H and O–H groups in total. The summed E-state index contributed by atoms with van der Waals surface area (Å²) in [5.74, 6) is 0.891. The third kappa shape index (κ3) is 5.20. The van der Waals surface area contributed by atoms with Gasteiger partial charge in [0.1, 0.15) is 5.75 Å². The molecule has 1 unspecified atom stereocenters. The molecule has 22 heavy (non-hydrogen) atoms. The van der Waals surface area contributed by atoms with E-state index >= 15 is 0 Å². The summed E-state index contributed by atoms with van der Waals surface area (Å²) >= 11 is 0. The molecule has 0 aliphatic rings. The van der Waals surface area contributed by atoms with E-state index in [4.69, 9.17) is 4.74 Å². The van der Waals surface area contributed by atoms with E-state index in [1.807, 2.05) is 50.2 Å². The lowest BCUT2D eigenvalue weighted by Gasteiger charge is -2.14. The second-order valence-corrected chi connectivity index (χ2v) is 5.34. The van der Waals surface area contributed by atoms with Gasteiger partial charge in [-0.3, -0.25) is 9.78 Å². The zero-order valence-corrected chi connectivity index (χ0v) is 13.1.